The summed E-state index contributed by atoms with van der Waals surface area (Å²) in [5, 5.41) is 2.86. The van der Waals surface area contributed by atoms with Crippen LogP contribution in [0.1, 0.15) is 36.2 Å². The zero-order chi connectivity index (χ0) is 14.6. The maximum absolute atomic E-state index is 12.1. The molecule has 0 radical (unpaired) electrons. The van der Waals surface area contributed by atoms with Crippen molar-refractivity contribution in [3.05, 3.63) is 29.3 Å². The molecule has 0 aromatic heterocycles. The zero-order valence-electron chi connectivity index (χ0n) is 11.6. The Kier molecular flexibility index (Phi) is 4.94. The van der Waals surface area contributed by atoms with Crippen LogP contribution in [0.5, 0.6) is 0 Å². The Balaban J connectivity index is 3.04. The first-order valence-corrected chi connectivity index (χ1v) is 8.02. The lowest BCUT2D eigenvalue weighted by Gasteiger charge is -2.15. The summed E-state index contributed by atoms with van der Waals surface area (Å²) in [6, 6.07) is 5.06. The van der Waals surface area contributed by atoms with Crippen molar-refractivity contribution in [3.8, 4) is 0 Å². The van der Waals surface area contributed by atoms with Crippen LogP contribution in [0.4, 0.5) is 5.69 Å². The SMILES string of the molecule is CC[C@H](C)NC(=O)c1cccc(NS(C)(=O)=O)c1C. The summed E-state index contributed by atoms with van der Waals surface area (Å²) in [5.74, 6) is -0.191. The molecule has 0 aliphatic rings. The Hall–Kier alpha value is -1.56. The van der Waals surface area contributed by atoms with Crippen molar-refractivity contribution in [2.75, 3.05) is 11.0 Å². The van der Waals surface area contributed by atoms with Gasteiger partial charge in [-0.25, -0.2) is 8.42 Å². The number of anilines is 1. The van der Waals surface area contributed by atoms with Crippen molar-refractivity contribution in [2.45, 2.75) is 33.2 Å². The van der Waals surface area contributed by atoms with Gasteiger partial charge >= 0.3 is 0 Å². The van der Waals surface area contributed by atoms with Gasteiger partial charge in [-0.05, 0) is 38.0 Å². The molecule has 6 heteroatoms. The van der Waals surface area contributed by atoms with E-state index in [4.69, 9.17) is 0 Å². The van der Waals surface area contributed by atoms with Crippen molar-refractivity contribution < 1.29 is 13.2 Å². The molecule has 0 aliphatic carbocycles. The summed E-state index contributed by atoms with van der Waals surface area (Å²) < 4.78 is 24.9. The molecule has 1 aromatic rings. The number of rotatable bonds is 5. The summed E-state index contributed by atoms with van der Waals surface area (Å²) >= 11 is 0. The molecule has 5 nitrogen and oxygen atoms in total. The molecule has 1 rings (SSSR count). The van der Waals surface area contributed by atoms with E-state index in [-0.39, 0.29) is 11.9 Å². The van der Waals surface area contributed by atoms with Crippen LogP contribution in [0, 0.1) is 6.92 Å². The molecule has 1 aromatic carbocycles. The van der Waals surface area contributed by atoms with E-state index in [0.29, 0.717) is 16.8 Å². The Morgan fingerprint density at radius 2 is 2.00 bits per heavy atom. The average molecular weight is 284 g/mol. The van der Waals surface area contributed by atoms with Crippen LogP contribution in [0.25, 0.3) is 0 Å². The molecule has 0 fully saturated rings. The molecular weight excluding hydrogens is 264 g/mol. The van der Waals surface area contributed by atoms with Crippen LogP contribution in [0.3, 0.4) is 0 Å². The Morgan fingerprint density at radius 1 is 1.37 bits per heavy atom. The predicted octanol–water partition coefficient (Wildman–Crippen LogP) is 1.89. The Bertz CT molecular complexity index is 567. The second-order valence-corrected chi connectivity index (χ2v) is 6.38. The highest BCUT2D eigenvalue weighted by molar-refractivity contribution is 7.92. The van der Waals surface area contributed by atoms with E-state index in [1.165, 1.54) is 0 Å². The number of nitrogens with one attached hydrogen (secondary N) is 2. The van der Waals surface area contributed by atoms with Gasteiger partial charge in [-0.3, -0.25) is 9.52 Å². The molecule has 0 unspecified atom stereocenters. The quantitative estimate of drug-likeness (QED) is 0.867. The van der Waals surface area contributed by atoms with E-state index >= 15 is 0 Å². The van der Waals surface area contributed by atoms with E-state index in [2.05, 4.69) is 10.0 Å². The first-order chi connectivity index (χ1) is 8.74. The summed E-state index contributed by atoms with van der Waals surface area (Å²) in [5.41, 5.74) is 1.53. The highest BCUT2D eigenvalue weighted by Crippen LogP contribution is 2.20. The fraction of sp³-hybridized carbons (Fsp3) is 0.462. The lowest BCUT2D eigenvalue weighted by Crippen LogP contribution is -2.32. The van der Waals surface area contributed by atoms with Gasteiger partial charge in [0.05, 0.1) is 11.9 Å². The fourth-order valence-electron chi connectivity index (χ4n) is 1.60. The van der Waals surface area contributed by atoms with Gasteiger partial charge < -0.3 is 5.32 Å². The molecule has 1 amide bonds. The number of hydrogen-bond acceptors (Lipinski definition) is 3. The molecule has 0 bridgehead atoms. The summed E-state index contributed by atoms with van der Waals surface area (Å²) in [6.07, 6.45) is 1.92. The van der Waals surface area contributed by atoms with Gasteiger partial charge in [0.1, 0.15) is 0 Å². The van der Waals surface area contributed by atoms with Crippen LogP contribution in [-0.4, -0.2) is 26.6 Å². The first kappa shape index (κ1) is 15.5. The molecule has 0 aliphatic heterocycles. The molecular formula is C13H20N2O3S. The molecule has 0 saturated heterocycles. The van der Waals surface area contributed by atoms with Crippen LogP contribution in [0.2, 0.25) is 0 Å². The van der Waals surface area contributed by atoms with Gasteiger partial charge in [0, 0.05) is 11.6 Å². The molecule has 0 heterocycles. The number of carbonyl (C=O) groups is 1. The van der Waals surface area contributed by atoms with E-state index in [0.717, 1.165) is 12.7 Å². The van der Waals surface area contributed by atoms with Gasteiger partial charge in [-0.15, -0.1) is 0 Å². The average Bonchev–Trinajstić information content (AvgIpc) is 2.29. The highest BCUT2D eigenvalue weighted by atomic mass is 32.2. The van der Waals surface area contributed by atoms with Crippen LogP contribution >= 0.6 is 0 Å². The zero-order valence-corrected chi connectivity index (χ0v) is 12.5. The number of carbonyl (C=O) groups excluding carboxylic acids is 1. The van der Waals surface area contributed by atoms with E-state index in [1.807, 2.05) is 13.8 Å². The van der Waals surface area contributed by atoms with Crippen molar-refractivity contribution in [2.24, 2.45) is 0 Å². The molecule has 1 atom stereocenters. The third-order valence-electron chi connectivity index (χ3n) is 2.86. The monoisotopic (exact) mass is 284 g/mol. The van der Waals surface area contributed by atoms with Crippen molar-refractivity contribution in [1.82, 2.24) is 5.32 Å². The maximum atomic E-state index is 12.1. The second kappa shape index (κ2) is 6.06. The third-order valence-corrected chi connectivity index (χ3v) is 3.45. The minimum absolute atomic E-state index is 0.0819. The maximum Gasteiger partial charge on any atom is 0.251 e. The fourth-order valence-corrected chi connectivity index (χ4v) is 2.22. The minimum atomic E-state index is -3.35. The molecule has 2 N–H and O–H groups in total. The van der Waals surface area contributed by atoms with Gasteiger partial charge in [-0.1, -0.05) is 13.0 Å². The Labute approximate surface area is 114 Å². The minimum Gasteiger partial charge on any atom is -0.350 e. The summed E-state index contributed by atoms with van der Waals surface area (Å²) in [7, 11) is -3.35. The molecule has 0 saturated carbocycles. The van der Waals surface area contributed by atoms with Gasteiger partial charge in [0.2, 0.25) is 10.0 Å². The number of sulfonamides is 1. The summed E-state index contributed by atoms with van der Waals surface area (Å²) in [6.45, 7) is 5.63. The predicted molar refractivity (Wildman–Crippen MR) is 76.9 cm³/mol. The van der Waals surface area contributed by atoms with Crippen molar-refractivity contribution in [3.63, 3.8) is 0 Å². The van der Waals surface area contributed by atoms with Gasteiger partial charge in [0.25, 0.3) is 5.91 Å². The largest absolute Gasteiger partial charge is 0.350 e. The van der Waals surface area contributed by atoms with Crippen LogP contribution < -0.4 is 10.0 Å². The standard InChI is InChI=1S/C13H20N2O3S/c1-5-9(2)14-13(16)11-7-6-8-12(10(11)3)15-19(4,17)18/h6-9,15H,5H2,1-4H3,(H,14,16)/t9-/m0/s1. The normalized spacial score (nSPS) is 12.8. The topological polar surface area (TPSA) is 75.3 Å². The lowest BCUT2D eigenvalue weighted by molar-refractivity contribution is 0.0938. The highest BCUT2D eigenvalue weighted by Gasteiger charge is 2.14. The molecule has 19 heavy (non-hydrogen) atoms. The van der Waals surface area contributed by atoms with Gasteiger partial charge in [-0.2, -0.15) is 0 Å². The molecule has 0 spiro atoms. The van der Waals surface area contributed by atoms with Gasteiger partial charge in [0.15, 0.2) is 0 Å². The third kappa shape index (κ3) is 4.55. The lowest BCUT2D eigenvalue weighted by atomic mass is 10.1. The molecule has 106 valence electrons. The smallest absolute Gasteiger partial charge is 0.251 e. The summed E-state index contributed by atoms with van der Waals surface area (Å²) in [4.78, 5) is 12.1. The van der Waals surface area contributed by atoms with Crippen LogP contribution in [-0.2, 0) is 10.0 Å². The number of hydrogen-bond donors (Lipinski definition) is 2. The van der Waals surface area contributed by atoms with E-state index in [1.54, 1.807) is 25.1 Å². The van der Waals surface area contributed by atoms with Crippen LogP contribution in [0.15, 0.2) is 18.2 Å². The van der Waals surface area contributed by atoms with Crippen molar-refractivity contribution in [1.29, 1.82) is 0 Å². The van der Waals surface area contributed by atoms with Crippen molar-refractivity contribution >= 4 is 21.6 Å². The second-order valence-electron chi connectivity index (χ2n) is 4.64. The number of amides is 1. The first-order valence-electron chi connectivity index (χ1n) is 6.13. The number of benzene rings is 1. The van der Waals surface area contributed by atoms with E-state index < -0.39 is 10.0 Å². The Morgan fingerprint density at radius 3 is 2.53 bits per heavy atom. The van der Waals surface area contributed by atoms with E-state index in [9.17, 15) is 13.2 Å².